The van der Waals surface area contributed by atoms with Crippen LogP contribution in [0.25, 0.3) is 0 Å². The molecule has 0 radical (unpaired) electrons. The van der Waals surface area contributed by atoms with E-state index in [0.717, 1.165) is 12.1 Å². The van der Waals surface area contributed by atoms with Gasteiger partial charge in [-0.1, -0.05) is 43.3 Å². The molecule has 1 amide bonds. The summed E-state index contributed by atoms with van der Waals surface area (Å²) in [6, 6.07) is 10.9. The molecule has 0 saturated carbocycles. The molecule has 2 aromatic carbocycles. The van der Waals surface area contributed by atoms with Crippen molar-refractivity contribution in [2.45, 2.75) is 45.5 Å². The molecule has 31 heavy (non-hydrogen) atoms. The van der Waals surface area contributed by atoms with Crippen LogP contribution in [-0.4, -0.2) is 29.2 Å². The molecule has 1 aliphatic heterocycles. The van der Waals surface area contributed by atoms with Gasteiger partial charge in [0, 0.05) is 24.9 Å². The van der Waals surface area contributed by atoms with Gasteiger partial charge in [-0.05, 0) is 35.7 Å². The molecule has 0 fully saturated rings. The molecule has 166 valence electrons. The molecule has 0 bridgehead atoms. The monoisotopic (exact) mass is 436 g/mol. The Balaban J connectivity index is 1.72. The van der Waals surface area contributed by atoms with Crippen molar-refractivity contribution < 1.29 is 27.2 Å². The van der Waals surface area contributed by atoms with E-state index in [1.54, 1.807) is 18.2 Å². The Morgan fingerprint density at radius 1 is 1.19 bits per heavy atom. The fourth-order valence-electron chi connectivity index (χ4n) is 3.41. The maximum absolute atomic E-state index is 13.5. The van der Waals surface area contributed by atoms with Crippen molar-refractivity contribution in [1.29, 1.82) is 0 Å². The predicted molar refractivity (Wildman–Crippen MR) is 109 cm³/mol. The minimum atomic E-state index is -4.45. The number of alkyl halides is 3. The summed E-state index contributed by atoms with van der Waals surface area (Å²) in [5.41, 5.74) is 0.798. The van der Waals surface area contributed by atoms with Crippen LogP contribution in [-0.2, 0) is 22.4 Å². The molecule has 1 atom stereocenters. The first-order valence-corrected chi connectivity index (χ1v) is 10.0. The summed E-state index contributed by atoms with van der Waals surface area (Å²) in [5.74, 6) is -0.461. The van der Waals surface area contributed by atoms with E-state index in [1.165, 1.54) is 23.1 Å². The van der Waals surface area contributed by atoms with E-state index in [1.807, 2.05) is 13.8 Å². The lowest BCUT2D eigenvalue weighted by Crippen LogP contribution is -2.37. The molecule has 0 spiro atoms. The van der Waals surface area contributed by atoms with Crippen molar-refractivity contribution in [3.05, 3.63) is 71.0 Å². The highest BCUT2D eigenvalue weighted by Gasteiger charge is 2.31. The highest BCUT2D eigenvalue weighted by Crippen LogP contribution is 2.30. The summed E-state index contributed by atoms with van der Waals surface area (Å²) in [4.78, 5) is 19.7. The number of hydrogen-bond donors (Lipinski definition) is 0. The van der Waals surface area contributed by atoms with Crippen molar-refractivity contribution in [2.24, 2.45) is 11.1 Å². The van der Waals surface area contributed by atoms with E-state index in [2.05, 4.69) is 5.16 Å². The summed E-state index contributed by atoms with van der Waals surface area (Å²) >= 11 is 0. The van der Waals surface area contributed by atoms with Crippen molar-refractivity contribution in [3.8, 4) is 0 Å². The largest absolute Gasteiger partial charge is 0.416 e. The molecule has 1 aliphatic rings. The van der Waals surface area contributed by atoms with Gasteiger partial charge in [-0.3, -0.25) is 4.79 Å². The number of nitrogens with zero attached hydrogens (tertiary/aromatic N) is 2. The Labute approximate surface area is 178 Å². The van der Waals surface area contributed by atoms with Crippen molar-refractivity contribution in [2.75, 3.05) is 6.54 Å². The van der Waals surface area contributed by atoms with Crippen LogP contribution in [0.1, 0.15) is 43.4 Å². The van der Waals surface area contributed by atoms with Crippen molar-refractivity contribution >= 4 is 11.6 Å². The summed E-state index contributed by atoms with van der Waals surface area (Å²) in [6.45, 7) is 4.00. The van der Waals surface area contributed by atoms with Gasteiger partial charge in [0.2, 0.25) is 5.91 Å². The second-order valence-corrected chi connectivity index (χ2v) is 8.05. The van der Waals surface area contributed by atoms with Crippen LogP contribution in [0, 0.1) is 11.7 Å². The normalized spacial score (nSPS) is 16.2. The second kappa shape index (κ2) is 9.49. The maximum atomic E-state index is 13.5. The SMILES string of the molecule is CC(C)CC(=O)N(Cc1cccc(C(F)(F)F)c1)CC1CC(c2cccc(F)c2)=NO1. The molecule has 2 aromatic rings. The third-order valence-electron chi connectivity index (χ3n) is 4.88. The molecule has 0 saturated heterocycles. The average molecular weight is 436 g/mol. The summed E-state index contributed by atoms with van der Waals surface area (Å²) in [5, 5.41) is 4.02. The molecule has 0 aliphatic carbocycles. The van der Waals surface area contributed by atoms with Gasteiger partial charge in [-0.15, -0.1) is 0 Å². The maximum Gasteiger partial charge on any atom is 0.416 e. The first-order chi connectivity index (χ1) is 14.6. The van der Waals surface area contributed by atoms with Gasteiger partial charge in [-0.25, -0.2) is 4.39 Å². The van der Waals surface area contributed by atoms with E-state index >= 15 is 0 Å². The van der Waals surface area contributed by atoms with E-state index in [9.17, 15) is 22.4 Å². The summed E-state index contributed by atoms with van der Waals surface area (Å²) < 4.78 is 52.6. The van der Waals surface area contributed by atoms with Gasteiger partial charge in [0.05, 0.1) is 17.8 Å². The van der Waals surface area contributed by atoms with Crippen LogP contribution < -0.4 is 0 Å². The molecule has 4 nitrogen and oxygen atoms in total. The number of carbonyl (C=O) groups is 1. The van der Waals surface area contributed by atoms with Crippen LogP contribution in [0.5, 0.6) is 0 Å². The number of oxime groups is 1. The van der Waals surface area contributed by atoms with Crippen molar-refractivity contribution in [3.63, 3.8) is 0 Å². The van der Waals surface area contributed by atoms with Crippen LogP contribution in [0.2, 0.25) is 0 Å². The highest BCUT2D eigenvalue weighted by atomic mass is 19.4. The quantitative estimate of drug-likeness (QED) is 0.545. The van der Waals surface area contributed by atoms with Crippen LogP contribution in [0.15, 0.2) is 53.7 Å². The molecule has 0 aromatic heterocycles. The molecule has 1 heterocycles. The summed E-state index contributed by atoms with van der Waals surface area (Å²) in [7, 11) is 0. The highest BCUT2D eigenvalue weighted by molar-refractivity contribution is 6.01. The Hall–Kier alpha value is -2.90. The van der Waals surface area contributed by atoms with Gasteiger partial charge < -0.3 is 9.74 Å². The Morgan fingerprint density at radius 2 is 1.94 bits per heavy atom. The number of amides is 1. The lowest BCUT2D eigenvalue weighted by Gasteiger charge is -2.26. The number of rotatable bonds is 7. The van der Waals surface area contributed by atoms with Gasteiger partial charge in [0.15, 0.2) is 6.10 Å². The third-order valence-corrected chi connectivity index (χ3v) is 4.88. The van der Waals surface area contributed by atoms with Crippen LogP contribution in [0.3, 0.4) is 0 Å². The predicted octanol–water partition coefficient (Wildman–Crippen LogP) is 5.41. The second-order valence-electron chi connectivity index (χ2n) is 8.05. The van der Waals surface area contributed by atoms with E-state index < -0.39 is 17.8 Å². The number of carbonyl (C=O) groups excluding carboxylic acids is 1. The zero-order chi connectivity index (χ0) is 22.6. The van der Waals surface area contributed by atoms with E-state index in [0.29, 0.717) is 23.3 Å². The smallest absolute Gasteiger partial charge is 0.390 e. The lowest BCUT2D eigenvalue weighted by atomic mass is 10.0. The van der Waals surface area contributed by atoms with Crippen LogP contribution >= 0.6 is 0 Å². The lowest BCUT2D eigenvalue weighted by molar-refractivity contribution is -0.137. The Bertz CT molecular complexity index is 957. The molecule has 1 unspecified atom stereocenters. The first-order valence-electron chi connectivity index (χ1n) is 10.0. The average Bonchev–Trinajstić information content (AvgIpc) is 3.15. The van der Waals surface area contributed by atoms with Crippen LogP contribution in [0.4, 0.5) is 17.6 Å². The molecule has 8 heteroatoms. The van der Waals surface area contributed by atoms with Gasteiger partial charge in [0.1, 0.15) is 5.82 Å². The zero-order valence-corrected chi connectivity index (χ0v) is 17.3. The number of halogens is 4. The fourth-order valence-corrected chi connectivity index (χ4v) is 3.41. The standard InChI is InChI=1S/C23H24F4N2O2/c1-15(2)9-22(30)29(13-16-5-3-7-18(10-16)23(25,26)27)14-20-12-21(28-31-20)17-6-4-8-19(24)11-17/h3-8,10-11,15,20H,9,12-14H2,1-2H3. The van der Waals surface area contributed by atoms with Crippen molar-refractivity contribution in [1.82, 2.24) is 4.90 Å². The number of hydrogen-bond acceptors (Lipinski definition) is 3. The van der Waals surface area contributed by atoms with Gasteiger partial charge in [-0.2, -0.15) is 13.2 Å². The molecule has 0 N–H and O–H groups in total. The minimum absolute atomic E-state index is 0.0324. The molecule has 3 rings (SSSR count). The topological polar surface area (TPSA) is 41.9 Å². The van der Waals surface area contributed by atoms with Gasteiger partial charge in [0.25, 0.3) is 0 Å². The Kier molecular flexibility index (Phi) is 6.97. The molecular formula is C23H24F4N2O2. The first kappa shape index (κ1) is 22.8. The van der Waals surface area contributed by atoms with Gasteiger partial charge >= 0.3 is 6.18 Å². The Morgan fingerprint density at radius 3 is 2.61 bits per heavy atom. The minimum Gasteiger partial charge on any atom is -0.390 e. The van der Waals surface area contributed by atoms with E-state index in [-0.39, 0.29) is 37.2 Å². The molecular weight excluding hydrogens is 412 g/mol. The van der Waals surface area contributed by atoms with E-state index in [4.69, 9.17) is 4.84 Å². The fraction of sp³-hybridized carbons (Fsp3) is 0.391. The number of benzene rings is 2. The third kappa shape index (κ3) is 6.29. The summed E-state index contributed by atoms with van der Waals surface area (Å²) in [6.07, 6.45) is -4.27. The zero-order valence-electron chi connectivity index (χ0n) is 17.3.